The fraction of sp³-hybridized carbons (Fsp3) is 0.273. The smallest absolute Gasteiger partial charge is 0.357 e. The summed E-state index contributed by atoms with van der Waals surface area (Å²) in [5.74, 6) is -0.425. The van der Waals surface area contributed by atoms with Gasteiger partial charge in [-0.25, -0.2) is 9.78 Å². The minimum Gasteiger partial charge on any atom is -0.464 e. The van der Waals surface area contributed by atoms with Gasteiger partial charge in [0, 0.05) is 10.3 Å². The van der Waals surface area contributed by atoms with E-state index in [-0.39, 0.29) is 6.04 Å². The van der Waals surface area contributed by atoms with Gasteiger partial charge in [-0.05, 0) is 19.1 Å². The molecule has 0 fully saturated rings. The molecule has 1 atom stereocenters. The van der Waals surface area contributed by atoms with E-state index in [2.05, 4.69) is 15.0 Å². The number of methoxy groups -OCH3 is 1. The highest BCUT2D eigenvalue weighted by molar-refractivity contribution is 7.16. The van der Waals surface area contributed by atoms with Crippen molar-refractivity contribution in [3.8, 4) is 0 Å². The van der Waals surface area contributed by atoms with Gasteiger partial charge in [-0.15, -0.1) is 22.7 Å². The van der Waals surface area contributed by atoms with Crippen LogP contribution >= 0.6 is 34.3 Å². The molecule has 7 heteroatoms. The number of esters is 1. The Morgan fingerprint density at radius 2 is 2.33 bits per heavy atom. The molecule has 0 saturated heterocycles. The largest absolute Gasteiger partial charge is 0.464 e. The van der Waals surface area contributed by atoms with Gasteiger partial charge in [-0.3, -0.25) is 0 Å². The third-order valence-corrected chi connectivity index (χ3v) is 4.45. The van der Waals surface area contributed by atoms with Crippen LogP contribution < -0.4 is 5.32 Å². The first kappa shape index (κ1) is 13.3. The number of thiazole rings is 1. The van der Waals surface area contributed by atoms with Crippen LogP contribution in [0.25, 0.3) is 0 Å². The van der Waals surface area contributed by atoms with Gasteiger partial charge in [0.25, 0.3) is 0 Å². The SMILES string of the molecule is COC(=O)c1csc(NC(C)c2ccc(Cl)s2)n1. The maximum absolute atomic E-state index is 11.3. The molecule has 4 nitrogen and oxygen atoms in total. The fourth-order valence-corrected chi connectivity index (χ4v) is 3.19. The lowest BCUT2D eigenvalue weighted by Crippen LogP contribution is -2.06. The third-order valence-electron chi connectivity index (χ3n) is 2.26. The number of rotatable bonds is 4. The normalized spacial score (nSPS) is 12.2. The van der Waals surface area contributed by atoms with Crippen LogP contribution in [0.15, 0.2) is 17.5 Å². The van der Waals surface area contributed by atoms with Gasteiger partial charge in [0.1, 0.15) is 0 Å². The van der Waals surface area contributed by atoms with Gasteiger partial charge >= 0.3 is 5.97 Å². The van der Waals surface area contributed by atoms with E-state index >= 15 is 0 Å². The summed E-state index contributed by atoms with van der Waals surface area (Å²) in [6, 6.07) is 3.93. The minimum absolute atomic E-state index is 0.0964. The van der Waals surface area contributed by atoms with Crippen LogP contribution in [0.5, 0.6) is 0 Å². The Kier molecular flexibility index (Phi) is 4.21. The molecule has 2 aromatic rings. The molecule has 18 heavy (non-hydrogen) atoms. The molecule has 0 bridgehead atoms. The Morgan fingerprint density at radius 1 is 1.56 bits per heavy atom. The summed E-state index contributed by atoms with van der Waals surface area (Å²) in [7, 11) is 1.34. The topological polar surface area (TPSA) is 51.2 Å². The molecule has 0 saturated carbocycles. The summed E-state index contributed by atoms with van der Waals surface area (Å²) in [4.78, 5) is 16.5. The van der Waals surface area contributed by atoms with Gasteiger partial charge in [0.2, 0.25) is 0 Å². The standard InChI is InChI=1S/C11H11ClN2O2S2/c1-6(8-3-4-9(12)18-8)13-11-14-7(5-17-11)10(15)16-2/h3-6H,1-2H3,(H,13,14). The third kappa shape index (κ3) is 3.01. The molecule has 2 aromatic heterocycles. The molecule has 0 aromatic carbocycles. The fourth-order valence-electron chi connectivity index (χ4n) is 1.36. The summed E-state index contributed by atoms with van der Waals surface area (Å²) in [6.07, 6.45) is 0. The lowest BCUT2D eigenvalue weighted by Gasteiger charge is -2.10. The van der Waals surface area contributed by atoms with Gasteiger partial charge in [0.15, 0.2) is 10.8 Å². The van der Waals surface area contributed by atoms with E-state index in [0.29, 0.717) is 10.8 Å². The Labute approximate surface area is 118 Å². The number of hydrogen-bond acceptors (Lipinski definition) is 6. The molecule has 1 N–H and O–H groups in total. The van der Waals surface area contributed by atoms with Crippen molar-refractivity contribution in [3.63, 3.8) is 0 Å². The maximum atomic E-state index is 11.3. The molecule has 2 rings (SSSR count). The highest BCUT2D eigenvalue weighted by Crippen LogP contribution is 2.29. The second-order valence-corrected chi connectivity index (χ2v) is 6.14. The molecular formula is C11H11ClN2O2S2. The average molecular weight is 303 g/mol. The predicted octanol–water partition coefficient (Wildman–Crippen LogP) is 3.82. The molecule has 0 radical (unpaired) electrons. The van der Waals surface area contributed by atoms with Crippen molar-refractivity contribution in [1.29, 1.82) is 0 Å². The van der Waals surface area contributed by atoms with E-state index in [9.17, 15) is 4.79 Å². The summed E-state index contributed by atoms with van der Waals surface area (Å²) >= 11 is 8.78. The molecule has 0 aliphatic heterocycles. The number of nitrogens with one attached hydrogen (secondary N) is 1. The minimum atomic E-state index is -0.425. The van der Waals surface area contributed by atoms with Crippen LogP contribution in [0.4, 0.5) is 5.13 Å². The highest BCUT2D eigenvalue weighted by Gasteiger charge is 2.13. The van der Waals surface area contributed by atoms with E-state index in [1.54, 1.807) is 5.38 Å². The second-order valence-electron chi connectivity index (χ2n) is 3.54. The summed E-state index contributed by atoms with van der Waals surface area (Å²) in [6.45, 7) is 2.02. The quantitative estimate of drug-likeness (QED) is 0.872. The molecule has 1 unspecified atom stereocenters. The number of nitrogens with zero attached hydrogens (tertiary/aromatic N) is 1. The number of halogens is 1. The molecule has 0 aliphatic carbocycles. The number of carbonyl (C=O) groups excluding carboxylic acids is 1. The molecule has 96 valence electrons. The van der Waals surface area contributed by atoms with E-state index in [1.807, 2.05) is 19.1 Å². The first-order chi connectivity index (χ1) is 8.60. The van der Waals surface area contributed by atoms with Crippen molar-refractivity contribution in [1.82, 2.24) is 4.98 Å². The van der Waals surface area contributed by atoms with E-state index in [1.165, 1.54) is 29.8 Å². The van der Waals surface area contributed by atoms with Crippen LogP contribution in [0, 0.1) is 0 Å². The van der Waals surface area contributed by atoms with Gasteiger partial charge in [-0.1, -0.05) is 11.6 Å². The maximum Gasteiger partial charge on any atom is 0.357 e. The van der Waals surface area contributed by atoms with Crippen LogP contribution in [0.3, 0.4) is 0 Å². The zero-order chi connectivity index (χ0) is 13.1. The lowest BCUT2D eigenvalue weighted by molar-refractivity contribution is 0.0595. The molecular weight excluding hydrogens is 292 g/mol. The zero-order valence-electron chi connectivity index (χ0n) is 9.77. The molecule has 0 amide bonds. The number of ether oxygens (including phenoxy) is 1. The van der Waals surface area contributed by atoms with E-state index < -0.39 is 5.97 Å². The van der Waals surface area contributed by atoms with E-state index in [0.717, 1.165) is 9.21 Å². The lowest BCUT2D eigenvalue weighted by atomic mass is 10.3. The van der Waals surface area contributed by atoms with Gasteiger partial charge < -0.3 is 10.1 Å². The van der Waals surface area contributed by atoms with Crippen molar-refractivity contribution < 1.29 is 9.53 Å². The first-order valence-electron chi connectivity index (χ1n) is 5.15. The number of anilines is 1. The summed E-state index contributed by atoms with van der Waals surface area (Å²) < 4.78 is 5.36. The van der Waals surface area contributed by atoms with Crippen molar-refractivity contribution >= 4 is 45.4 Å². The van der Waals surface area contributed by atoms with Crippen LogP contribution in [0.1, 0.15) is 28.3 Å². The average Bonchev–Trinajstić information content (AvgIpc) is 2.97. The Balaban J connectivity index is 2.05. The second kappa shape index (κ2) is 5.69. The van der Waals surface area contributed by atoms with Crippen molar-refractivity contribution in [3.05, 3.63) is 32.4 Å². The number of hydrogen-bond donors (Lipinski definition) is 1. The Hall–Kier alpha value is -1.11. The Morgan fingerprint density at radius 3 is 2.94 bits per heavy atom. The van der Waals surface area contributed by atoms with Crippen LogP contribution in [-0.2, 0) is 4.74 Å². The first-order valence-corrected chi connectivity index (χ1v) is 7.23. The Bertz CT molecular complexity index is 553. The van der Waals surface area contributed by atoms with Crippen molar-refractivity contribution in [2.45, 2.75) is 13.0 Å². The number of thiophene rings is 1. The van der Waals surface area contributed by atoms with Crippen LogP contribution in [-0.4, -0.2) is 18.1 Å². The van der Waals surface area contributed by atoms with E-state index in [4.69, 9.17) is 11.6 Å². The summed E-state index contributed by atoms with van der Waals surface area (Å²) in [5.41, 5.74) is 0.321. The monoisotopic (exact) mass is 302 g/mol. The molecule has 0 spiro atoms. The number of aromatic nitrogens is 1. The zero-order valence-corrected chi connectivity index (χ0v) is 12.2. The summed E-state index contributed by atoms with van der Waals surface area (Å²) in [5, 5.41) is 5.58. The molecule has 2 heterocycles. The van der Waals surface area contributed by atoms with Crippen molar-refractivity contribution in [2.75, 3.05) is 12.4 Å². The van der Waals surface area contributed by atoms with Crippen LogP contribution in [0.2, 0.25) is 4.34 Å². The van der Waals surface area contributed by atoms with Gasteiger partial charge in [0.05, 0.1) is 17.5 Å². The number of carbonyl (C=O) groups is 1. The van der Waals surface area contributed by atoms with Crippen molar-refractivity contribution in [2.24, 2.45) is 0 Å². The predicted molar refractivity (Wildman–Crippen MR) is 74.8 cm³/mol. The molecule has 0 aliphatic rings. The highest BCUT2D eigenvalue weighted by atomic mass is 35.5. The van der Waals surface area contributed by atoms with Gasteiger partial charge in [-0.2, -0.15) is 0 Å².